The Labute approximate surface area is 173 Å². The predicted molar refractivity (Wildman–Crippen MR) is 111 cm³/mol. The van der Waals surface area contributed by atoms with Crippen LogP contribution in [0.5, 0.6) is 0 Å². The lowest BCUT2D eigenvalue weighted by Gasteiger charge is -2.28. The van der Waals surface area contributed by atoms with Gasteiger partial charge in [-0.1, -0.05) is 12.1 Å². The van der Waals surface area contributed by atoms with E-state index < -0.39 is 5.60 Å². The van der Waals surface area contributed by atoms with Crippen LogP contribution in [0, 0.1) is 11.3 Å². The van der Waals surface area contributed by atoms with E-state index in [0.717, 1.165) is 11.1 Å². The average Bonchev–Trinajstić information content (AvgIpc) is 2.75. The van der Waals surface area contributed by atoms with Gasteiger partial charge in [0.2, 0.25) is 5.91 Å². The Hall–Kier alpha value is -3.83. The van der Waals surface area contributed by atoms with Crippen molar-refractivity contribution in [2.75, 3.05) is 16.8 Å². The zero-order chi connectivity index (χ0) is 21.3. The normalized spacial score (nSPS) is 13.4. The lowest BCUT2D eigenvalue weighted by atomic mass is 10.0. The van der Waals surface area contributed by atoms with Crippen LogP contribution >= 0.6 is 0 Å². The van der Waals surface area contributed by atoms with Crippen LogP contribution < -0.4 is 10.2 Å². The molecule has 2 aromatic heterocycles. The molecule has 0 bridgehead atoms. The Balaban J connectivity index is 1.69. The molecule has 0 saturated carbocycles. The van der Waals surface area contributed by atoms with Gasteiger partial charge in [0.1, 0.15) is 5.60 Å². The molecule has 30 heavy (non-hydrogen) atoms. The molecule has 3 aromatic rings. The summed E-state index contributed by atoms with van der Waals surface area (Å²) in [5.41, 5.74) is 2.17. The number of nitrogens with zero attached hydrogens (tertiary/aromatic N) is 5. The first-order valence-electron chi connectivity index (χ1n) is 9.45. The number of amides is 1. The van der Waals surface area contributed by atoms with E-state index in [9.17, 15) is 9.90 Å². The number of aliphatic hydroxyl groups is 1. The molecule has 1 aromatic carbocycles. The Morgan fingerprint density at radius 3 is 2.77 bits per heavy atom. The number of carbonyl (C=O) groups is 1. The zero-order valence-corrected chi connectivity index (χ0v) is 16.6. The Morgan fingerprint density at radius 1 is 1.23 bits per heavy atom. The summed E-state index contributed by atoms with van der Waals surface area (Å²) in [6.07, 6.45) is 3.25. The van der Waals surface area contributed by atoms with Gasteiger partial charge in [0, 0.05) is 11.8 Å². The molecule has 4 rings (SSSR count). The minimum atomic E-state index is -1.04. The SMILES string of the molecule is CC(C)(O)c1ccc(-c2cnc3c(n2)N(Cc2cccc(C#N)c2)C(=O)CN3)cn1. The third-order valence-electron chi connectivity index (χ3n) is 4.80. The molecule has 0 saturated heterocycles. The van der Waals surface area contributed by atoms with Crippen LogP contribution in [0.15, 0.2) is 48.8 Å². The van der Waals surface area contributed by atoms with Gasteiger partial charge in [0.25, 0.3) is 0 Å². The van der Waals surface area contributed by atoms with Crippen molar-refractivity contribution in [3.05, 3.63) is 65.6 Å². The Morgan fingerprint density at radius 2 is 2.07 bits per heavy atom. The van der Waals surface area contributed by atoms with Crippen LogP contribution in [0.4, 0.5) is 11.6 Å². The zero-order valence-electron chi connectivity index (χ0n) is 16.6. The second-order valence-corrected chi connectivity index (χ2v) is 7.56. The van der Waals surface area contributed by atoms with Crippen molar-refractivity contribution in [1.82, 2.24) is 15.0 Å². The fraction of sp³-hybridized carbons (Fsp3) is 0.227. The average molecular weight is 400 g/mol. The third kappa shape index (κ3) is 3.83. The molecule has 0 atom stereocenters. The molecule has 8 nitrogen and oxygen atoms in total. The van der Waals surface area contributed by atoms with Crippen LogP contribution in [0.3, 0.4) is 0 Å². The van der Waals surface area contributed by atoms with E-state index >= 15 is 0 Å². The van der Waals surface area contributed by atoms with E-state index in [1.54, 1.807) is 55.4 Å². The fourth-order valence-electron chi connectivity index (χ4n) is 3.20. The summed E-state index contributed by atoms with van der Waals surface area (Å²) < 4.78 is 0. The summed E-state index contributed by atoms with van der Waals surface area (Å²) in [4.78, 5) is 27.6. The van der Waals surface area contributed by atoms with Crippen molar-refractivity contribution in [3.8, 4) is 17.3 Å². The monoisotopic (exact) mass is 400 g/mol. The van der Waals surface area contributed by atoms with E-state index in [-0.39, 0.29) is 19.0 Å². The molecular weight excluding hydrogens is 380 g/mol. The second-order valence-electron chi connectivity index (χ2n) is 7.56. The molecule has 8 heteroatoms. The highest BCUT2D eigenvalue weighted by Crippen LogP contribution is 2.30. The molecule has 150 valence electrons. The Bertz CT molecular complexity index is 1150. The molecule has 0 radical (unpaired) electrons. The molecule has 1 aliphatic heterocycles. The predicted octanol–water partition coefficient (Wildman–Crippen LogP) is 2.60. The number of fused-ring (bicyclic) bond motifs is 1. The first-order valence-corrected chi connectivity index (χ1v) is 9.45. The van der Waals surface area contributed by atoms with Crippen molar-refractivity contribution >= 4 is 17.5 Å². The summed E-state index contributed by atoms with van der Waals surface area (Å²) in [6.45, 7) is 3.76. The van der Waals surface area contributed by atoms with Crippen LogP contribution in [-0.2, 0) is 16.9 Å². The van der Waals surface area contributed by atoms with Gasteiger partial charge in [-0.2, -0.15) is 5.26 Å². The van der Waals surface area contributed by atoms with E-state index in [2.05, 4.69) is 26.3 Å². The second kappa shape index (κ2) is 7.54. The molecule has 0 unspecified atom stereocenters. The summed E-state index contributed by atoms with van der Waals surface area (Å²) in [7, 11) is 0. The largest absolute Gasteiger partial charge is 0.384 e. The van der Waals surface area contributed by atoms with Crippen LogP contribution in [0.2, 0.25) is 0 Å². The van der Waals surface area contributed by atoms with Gasteiger partial charge in [0.05, 0.1) is 42.3 Å². The van der Waals surface area contributed by atoms with Gasteiger partial charge in [0.15, 0.2) is 11.6 Å². The lowest BCUT2D eigenvalue weighted by Crippen LogP contribution is -2.40. The standard InChI is InChI=1S/C22H20N6O2/c1-22(2,30)18-7-6-16(10-24-18)17-11-25-20-21(27-17)28(19(29)12-26-20)13-15-5-3-4-14(8-15)9-23/h3-8,10-11,30H,12-13H2,1-2H3,(H,25,26). The van der Waals surface area contributed by atoms with E-state index in [1.807, 2.05) is 12.1 Å². The van der Waals surface area contributed by atoms with Gasteiger partial charge >= 0.3 is 0 Å². The van der Waals surface area contributed by atoms with Gasteiger partial charge in [-0.05, 0) is 43.7 Å². The van der Waals surface area contributed by atoms with Gasteiger partial charge in [-0.3, -0.25) is 14.7 Å². The highest BCUT2D eigenvalue weighted by Gasteiger charge is 2.27. The number of benzene rings is 1. The Kier molecular flexibility index (Phi) is 4.90. The molecule has 0 spiro atoms. The number of nitrogens with one attached hydrogen (secondary N) is 1. The number of aromatic nitrogens is 3. The molecule has 0 aliphatic carbocycles. The summed E-state index contributed by atoms with van der Waals surface area (Å²) in [5.74, 6) is 0.820. The number of rotatable bonds is 4. The number of nitriles is 1. The molecule has 2 N–H and O–H groups in total. The van der Waals surface area contributed by atoms with E-state index in [0.29, 0.717) is 28.6 Å². The smallest absolute Gasteiger partial charge is 0.247 e. The summed E-state index contributed by atoms with van der Waals surface area (Å²) in [5, 5.41) is 22.2. The van der Waals surface area contributed by atoms with Crippen LogP contribution in [0.25, 0.3) is 11.3 Å². The number of hydrogen-bond donors (Lipinski definition) is 2. The van der Waals surface area contributed by atoms with Gasteiger partial charge in [-0.15, -0.1) is 0 Å². The van der Waals surface area contributed by atoms with Crippen molar-refractivity contribution < 1.29 is 9.90 Å². The molecular formula is C22H20N6O2. The summed E-state index contributed by atoms with van der Waals surface area (Å²) in [6, 6.07) is 12.8. The third-order valence-corrected chi connectivity index (χ3v) is 4.80. The maximum Gasteiger partial charge on any atom is 0.247 e. The number of hydrogen-bond acceptors (Lipinski definition) is 7. The quantitative estimate of drug-likeness (QED) is 0.692. The lowest BCUT2D eigenvalue weighted by molar-refractivity contribution is -0.117. The van der Waals surface area contributed by atoms with Crippen molar-refractivity contribution in [2.45, 2.75) is 26.0 Å². The van der Waals surface area contributed by atoms with Crippen molar-refractivity contribution in [2.24, 2.45) is 0 Å². The number of pyridine rings is 1. The molecule has 0 fully saturated rings. The minimum absolute atomic E-state index is 0.126. The number of carbonyl (C=O) groups excluding carboxylic acids is 1. The first-order chi connectivity index (χ1) is 14.3. The molecule has 1 amide bonds. The van der Waals surface area contributed by atoms with Gasteiger partial charge in [-0.25, -0.2) is 9.97 Å². The van der Waals surface area contributed by atoms with Crippen molar-refractivity contribution in [1.29, 1.82) is 5.26 Å². The molecule has 1 aliphatic rings. The minimum Gasteiger partial charge on any atom is -0.384 e. The maximum absolute atomic E-state index is 12.6. The highest BCUT2D eigenvalue weighted by molar-refractivity contribution is 6.00. The van der Waals surface area contributed by atoms with E-state index in [1.165, 1.54) is 0 Å². The van der Waals surface area contributed by atoms with Crippen LogP contribution in [-0.4, -0.2) is 32.5 Å². The van der Waals surface area contributed by atoms with E-state index in [4.69, 9.17) is 5.26 Å². The highest BCUT2D eigenvalue weighted by atomic mass is 16.3. The van der Waals surface area contributed by atoms with Crippen LogP contribution in [0.1, 0.15) is 30.7 Å². The first kappa shape index (κ1) is 19.5. The fourth-order valence-corrected chi connectivity index (χ4v) is 3.20. The topological polar surface area (TPSA) is 115 Å². The molecule has 3 heterocycles. The maximum atomic E-state index is 12.6. The number of anilines is 2. The van der Waals surface area contributed by atoms with Gasteiger partial charge < -0.3 is 10.4 Å². The van der Waals surface area contributed by atoms with Crippen molar-refractivity contribution in [3.63, 3.8) is 0 Å². The summed E-state index contributed by atoms with van der Waals surface area (Å²) >= 11 is 0.